The van der Waals surface area contributed by atoms with Crippen LogP contribution in [-0.2, 0) is 22.6 Å². The molecule has 0 aliphatic rings. The maximum Gasteiger partial charge on any atom is 0.242 e. The van der Waals surface area contributed by atoms with Gasteiger partial charge in [-0.25, -0.2) is 0 Å². The first kappa shape index (κ1) is 15.2. The first-order valence-electron chi connectivity index (χ1n) is 6.75. The van der Waals surface area contributed by atoms with Crippen LogP contribution in [0.4, 0.5) is 0 Å². The van der Waals surface area contributed by atoms with Crippen molar-refractivity contribution < 1.29 is 9.53 Å². The summed E-state index contributed by atoms with van der Waals surface area (Å²) >= 11 is 0. The summed E-state index contributed by atoms with van der Waals surface area (Å²) in [4.78, 5) is 12.0. The van der Waals surface area contributed by atoms with Crippen LogP contribution in [0.5, 0.6) is 0 Å². The molecule has 21 heavy (non-hydrogen) atoms. The van der Waals surface area contributed by atoms with Gasteiger partial charge >= 0.3 is 0 Å². The van der Waals surface area contributed by atoms with Crippen molar-refractivity contribution in [2.45, 2.75) is 33.0 Å². The molecule has 2 rings (SSSR count). The molecular weight excluding hydrogens is 272 g/mol. The number of carbonyl (C=O) groups excluding carboxylic acids is 1. The van der Waals surface area contributed by atoms with E-state index in [0.29, 0.717) is 19.0 Å². The van der Waals surface area contributed by atoms with E-state index in [1.807, 2.05) is 24.6 Å². The fourth-order valence-electron chi connectivity index (χ4n) is 2.01. The van der Waals surface area contributed by atoms with E-state index in [9.17, 15) is 4.79 Å². The Labute approximate surface area is 123 Å². The van der Waals surface area contributed by atoms with Gasteiger partial charge in [0.2, 0.25) is 5.91 Å². The van der Waals surface area contributed by atoms with Crippen LogP contribution in [0.1, 0.15) is 24.4 Å². The molecule has 0 aliphatic carbocycles. The number of hydrogen-bond acceptors (Lipinski definition) is 5. The standard InChI is InChI=1S/C13H20N6O2/c1-10-6-15-19(7-10)8-12(20)16-11(2)13-17-14-9-18(13)4-5-21-3/h6-7,9,11H,4-5,8H2,1-3H3,(H,16,20). The van der Waals surface area contributed by atoms with E-state index in [-0.39, 0.29) is 18.5 Å². The Hall–Kier alpha value is -2.22. The van der Waals surface area contributed by atoms with E-state index in [2.05, 4.69) is 20.6 Å². The molecule has 0 fully saturated rings. The highest BCUT2D eigenvalue weighted by molar-refractivity contribution is 5.76. The highest BCUT2D eigenvalue weighted by Gasteiger charge is 2.16. The number of methoxy groups -OCH3 is 1. The highest BCUT2D eigenvalue weighted by Crippen LogP contribution is 2.08. The second-order valence-corrected chi connectivity index (χ2v) is 4.88. The molecular formula is C13H20N6O2. The predicted octanol–water partition coefficient (Wildman–Crippen LogP) is 0.307. The first-order valence-corrected chi connectivity index (χ1v) is 6.75. The van der Waals surface area contributed by atoms with Gasteiger partial charge in [0, 0.05) is 19.9 Å². The molecule has 0 spiro atoms. The number of carbonyl (C=O) groups is 1. The molecule has 2 heterocycles. The number of hydrogen-bond donors (Lipinski definition) is 1. The van der Waals surface area contributed by atoms with E-state index in [4.69, 9.17) is 4.74 Å². The molecule has 0 aliphatic heterocycles. The van der Waals surface area contributed by atoms with Gasteiger partial charge < -0.3 is 14.6 Å². The topological polar surface area (TPSA) is 86.9 Å². The van der Waals surface area contributed by atoms with Crippen molar-refractivity contribution in [3.05, 3.63) is 30.1 Å². The van der Waals surface area contributed by atoms with Gasteiger partial charge in [0.25, 0.3) is 0 Å². The first-order chi connectivity index (χ1) is 10.1. The van der Waals surface area contributed by atoms with E-state index in [1.54, 1.807) is 24.3 Å². The summed E-state index contributed by atoms with van der Waals surface area (Å²) in [5.41, 5.74) is 1.02. The fourth-order valence-corrected chi connectivity index (χ4v) is 2.01. The summed E-state index contributed by atoms with van der Waals surface area (Å²) in [5, 5.41) is 14.9. The van der Waals surface area contributed by atoms with Crippen molar-refractivity contribution in [2.75, 3.05) is 13.7 Å². The molecule has 8 nitrogen and oxygen atoms in total. The van der Waals surface area contributed by atoms with Gasteiger partial charge in [-0.3, -0.25) is 9.48 Å². The number of nitrogens with one attached hydrogen (secondary N) is 1. The summed E-state index contributed by atoms with van der Waals surface area (Å²) in [6.07, 6.45) is 5.18. The smallest absolute Gasteiger partial charge is 0.242 e. The van der Waals surface area contributed by atoms with Crippen LogP contribution in [0.3, 0.4) is 0 Å². The number of aromatic nitrogens is 5. The van der Waals surface area contributed by atoms with Crippen LogP contribution in [0, 0.1) is 6.92 Å². The van der Waals surface area contributed by atoms with Gasteiger partial charge in [-0.1, -0.05) is 0 Å². The lowest BCUT2D eigenvalue weighted by Crippen LogP contribution is -2.32. The predicted molar refractivity (Wildman–Crippen MR) is 75.4 cm³/mol. The lowest BCUT2D eigenvalue weighted by molar-refractivity contribution is -0.122. The van der Waals surface area contributed by atoms with Crippen LogP contribution in [-0.4, -0.2) is 44.2 Å². The largest absolute Gasteiger partial charge is 0.383 e. The molecule has 1 unspecified atom stereocenters. The van der Waals surface area contributed by atoms with Crippen molar-refractivity contribution in [1.82, 2.24) is 29.9 Å². The summed E-state index contributed by atoms with van der Waals surface area (Å²) in [5.74, 6) is 0.587. The van der Waals surface area contributed by atoms with Crippen LogP contribution in [0.25, 0.3) is 0 Å². The monoisotopic (exact) mass is 292 g/mol. The molecule has 2 aromatic heterocycles. The van der Waals surface area contributed by atoms with Crippen LogP contribution in [0.2, 0.25) is 0 Å². The zero-order valence-electron chi connectivity index (χ0n) is 12.5. The minimum absolute atomic E-state index is 0.119. The third-order valence-corrected chi connectivity index (χ3v) is 3.01. The lowest BCUT2D eigenvalue weighted by atomic mass is 10.3. The van der Waals surface area contributed by atoms with Crippen molar-refractivity contribution in [2.24, 2.45) is 0 Å². The van der Waals surface area contributed by atoms with Gasteiger partial charge in [0.05, 0.1) is 18.8 Å². The van der Waals surface area contributed by atoms with Crippen molar-refractivity contribution >= 4 is 5.91 Å². The van der Waals surface area contributed by atoms with E-state index < -0.39 is 0 Å². The molecule has 0 aromatic carbocycles. The van der Waals surface area contributed by atoms with Crippen LogP contribution >= 0.6 is 0 Å². The summed E-state index contributed by atoms with van der Waals surface area (Å²) < 4.78 is 8.51. The molecule has 8 heteroatoms. The molecule has 0 saturated carbocycles. The third-order valence-electron chi connectivity index (χ3n) is 3.01. The Kier molecular flexibility index (Phi) is 5.04. The Balaban J connectivity index is 1.92. The second kappa shape index (κ2) is 6.98. The quantitative estimate of drug-likeness (QED) is 0.793. The number of aryl methyl sites for hydroxylation is 1. The average Bonchev–Trinajstić information content (AvgIpc) is 3.05. The molecule has 114 valence electrons. The molecule has 0 bridgehead atoms. The van der Waals surface area contributed by atoms with Crippen molar-refractivity contribution in [3.63, 3.8) is 0 Å². The summed E-state index contributed by atoms with van der Waals surface area (Å²) in [6.45, 7) is 5.21. The van der Waals surface area contributed by atoms with Gasteiger partial charge in [-0.05, 0) is 19.4 Å². The van der Waals surface area contributed by atoms with E-state index in [0.717, 1.165) is 5.56 Å². The summed E-state index contributed by atoms with van der Waals surface area (Å²) in [6, 6.07) is -0.228. The van der Waals surface area contributed by atoms with Crippen molar-refractivity contribution in [1.29, 1.82) is 0 Å². The number of amides is 1. The van der Waals surface area contributed by atoms with E-state index >= 15 is 0 Å². The zero-order chi connectivity index (χ0) is 15.2. The second-order valence-electron chi connectivity index (χ2n) is 4.88. The minimum atomic E-state index is -0.228. The van der Waals surface area contributed by atoms with E-state index in [1.165, 1.54) is 0 Å². The third kappa shape index (κ3) is 4.12. The molecule has 2 aromatic rings. The summed E-state index contributed by atoms with van der Waals surface area (Å²) in [7, 11) is 1.64. The maximum atomic E-state index is 12.0. The van der Waals surface area contributed by atoms with Crippen LogP contribution in [0.15, 0.2) is 18.7 Å². The maximum absolute atomic E-state index is 12.0. The Morgan fingerprint density at radius 1 is 1.52 bits per heavy atom. The Bertz CT molecular complexity index is 591. The van der Waals surface area contributed by atoms with Crippen LogP contribution < -0.4 is 5.32 Å². The molecule has 0 saturated heterocycles. The number of ether oxygens (including phenoxy) is 1. The molecule has 1 N–H and O–H groups in total. The van der Waals surface area contributed by atoms with Gasteiger partial charge in [0.1, 0.15) is 12.9 Å². The lowest BCUT2D eigenvalue weighted by Gasteiger charge is -2.14. The molecule has 1 amide bonds. The van der Waals surface area contributed by atoms with Gasteiger partial charge in [0.15, 0.2) is 5.82 Å². The number of rotatable bonds is 7. The highest BCUT2D eigenvalue weighted by atomic mass is 16.5. The molecule has 0 radical (unpaired) electrons. The van der Waals surface area contributed by atoms with Gasteiger partial charge in [-0.15, -0.1) is 10.2 Å². The zero-order valence-corrected chi connectivity index (χ0v) is 12.5. The Morgan fingerprint density at radius 3 is 3.00 bits per heavy atom. The minimum Gasteiger partial charge on any atom is -0.383 e. The van der Waals surface area contributed by atoms with Crippen molar-refractivity contribution in [3.8, 4) is 0 Å². The Morgan fingerprint density at radius 2 is 2.33 bits per heavy atom. The van der Waals surface area contributed by atoms with Gasteiger partial charge in [-0.2, -0.15) is 5.10 Å². The number of nitrogens with zero attached hydrogens (tertiary/aromatic N) is 5. The normalized spacial score (nSPS) is 12.3. The molecule has 1 atom stereocenters. The fraction of sp³-hybridized carbons (Fsp3) is 0.538. The average molecular weight is 292 g/mol. The SMILES string of the molecule is COCCn1cnnc1C(C)NC(=O)Cn1cc(C)cn1.